The number of aromatic nitrogens is 2. The monoisotopic (exact) mass is 296 g/mol. The fourth-order valence-corrected chi connectivity index (χ4v) is 2.46. The van der Waals surface area contributed by atoms with E-state index in [1.165, 1.54) is 11.6 Å². The summed E-state index contributed by atoms with van der Waals surface area (Å²) in [7, 11) is 2.00. The third kappa shape index (κ3) is 2.96. The average molecular weight is 296 g/mol. The molecule has 0 bridgehead atoms. The van der Waals surface area contributed by atoms with Gasteiger partial charge in [0.1, 0.15) is 0 Å². The van der Waals surface area contributed by atoms with E-state index in [-0.39, 0.29) is 10.6 Å². The van der Waals surface area contributed by atoms with Crippen molar-refractivity contribution in [2.24, 2.45) is 0 Å². The summed E-state index contributed by atoms with van der Waals surface area (Å²) >= 11 is 0. The number of nitro groups is 1. The quantitative estimate of drug-likeness (QED) is 0.536. The Kier molecular flexibility index (Phi) is 3.84. The predicted octanol–water partition coefficient (Wildman–Crippen LogP) is 3.03. The number of non-ortho nitro benzene ring substituents is 1. The molecule has 0 N–H and O–H groups in total. The van der Waals surface area contributed by atoms with E-state index in [1.807, 2.05) is 25.2 Å². The zero-order valence-corrected chi connectivity index (χ0v) is 12.2. The van der Waals surface area contributed by atoms with Crippen LogP contribution in [0, 0.1) is 10.1 Å². The summed E-state index contributed by atoms with van der Waals surface area (Å²) in [4.78, 5) is 12.6. The normalized spacial score (nSPS) is 11.2. The first-order valence-electron chi connectivity index (χ1n) is 6.96. The molecule has 0 unspecified atom stereocenters. The van der Waals surface area contributed by atoms with Gasteiger partial charge in [0, 0.05) is 24.1 Å². The fourth-order valence-electron chi connectivity index (χ4n) is 2.46. The number of hydrogen-bond acceptors (Lipinski definition) is 4. The molecule has 0 aliphatic rings. The Hall–Kier alpha value is -2.73. The van der Waals surface area contributed by atoms with Gasteiger partial charge in [-0.2, -0.15) is 5.10 Å². The molecule has 2 aromatic carbocycles. The van der Waals surface area contributed by atoms with E-state index in [4.69, 9.17) is 0 Å². The van der Waals surface area contributed by atoms with E-state index < -0.39 is 0 Å². The number of nitrogens with zero attached hydrogens (tertiary/aromatic N) is 4. The van der Waals surface area contributed by atoms with E-state index in [1.54, 1.807) is 23.0 Å². The second-order valence-electron chi connectivity index (χ2n) is 5.29. The third-order valence-corrected chi connectivity index (χ3v) is 3.51. The van der Waals surface area contributed by atoms with Crippen LogP contribution in [0.25, 0.3) is 10.9 Å². The van der Waals surface area contributed by atoms with E-state index in [0.29, 0.717) is 6.67 Å². The van der Waals surface area contributed by atoms with E-state index in [0.717, 1.165) is 17.4 Å². The molecule has 0 saturated heterocycles. The van der Waals surface area contributed by atoms with Gasteiger partial charge in [0.05, 0.1) is 23.3 Å². The van der Waals surface area contributed by atoms with Crippen molar-refractivity contribution in [1.82, 2.24) is 14.7 Å². The van der Waals surface area contributed by atoms with Crippen LogP contribution in [0.3, 0.4) is 0 Å². The molecule has 0 aliphatic heterocycles. The van der Waals surface area contributed by atoms with Gasteiger partial charge in [0.2, 0.25) is 0 Å². The number of fused-ring (bicyclic) bond motifs is 1. The fraction of sp³-hybridized carbons (Fsp3) is 0.188. The van der Waals surface area contributed by atoms with Crippen molar-refractivity contribution in [2.45, 2.75) is 13.2 Å². The molecular weight excluding hydrogens is 280 g/mol. The first kappa shape index (κ1) is 14.2. The lowest BCUT2D eigenvalue weighted by Crippen LogP contribution is -2.22. The molecule has 3 aromatic rings. The highest BCUT2D eigenvalue weighted by molar-refractivity contribution is 5.80. The van der Waals surface area contributed by atoms with Crippen LogP contribution >= 0.6 is 0 Å². The third-order valence-electron chi connectivity index (χ3n) is 3.51. The maximum atomic E-state index is 10.9. The highest BCUT2D eigenvalue weighted by atomic mass is 16.6. The molecule has 6 nitrogen and oxygen atoms in total. The maximum Gasteiger partial charge on any atom is 0.271 e. The highest BCUT2D eigenvalue weighted by Crippen LogP contribution is 2.20. The first-order valence-corrected chi connectivity index (χ1v) is 6.96. The number of rotatable bonds is 5. The van der Waals surface area contributed by atoms with Crippen LogP contribution in [-0.2, 0) is 13.2 Å². The van der Waals surface area contributed by atoms with Gasteiger partial charge < -0.3 is 0 Å². The highest BCUT2D eigenvalue weighted by Gasteiger charge is 2.11. The summed E-state index contributed by atoms with van der Waals surface area (Å²) in [6.07, 6.45) is 1.73. The largest absolute Gasteiger partial charge is 0.283 e. The molecule has 1 heterocycles. The number of hydrogen-bond donors (Lipinski definition) is 0. The first-order chi connectivity index (χ1) is 10.6. The summed E-state index contributed by atoms with van der Waals surface area (Å²) in [6.45, 7) is 1.36. The van der Waals surface area contributed by atoms with Gasteiger partial charge in [-0.1, -0.05) is 30.3 Å². The Bertz CT molecular complexity index is 798. The van der Waals surface area contributed by atoms with Crippen molar-refractivity contribution in [1.29, 1.82) is 0 Å². The molecule has 0 fully saturated rings. The minimum Gasteiger partial charge on any atom is -0.283 e. The molecule has 3 rings (SSSR count). The summed E-state index contributed by atoms with van der Waals surface area (Å²) in [5.74, 6) is 0. The summed E-state index contributed by atoms with van der Waals surface area (Å²) in [5, 5.41) is 16.1. The van der Waals surface area contributed by atoms with E-state index >= 15 is 0 Å². The molecule has 0 saturated carbocycles. The Labute approximate surface area is 127 Å². The zero-order chi connectivity index (χ0) is 15.5. The van der Waals surface area contributed by atoms with Crippen LogP contribution in [0.1, 0.15) is 5.56 Å². The van der Waals surface area contributed by atoms with Crippen LogP contribution in [-0.4, -0.2) is 26.7 Å². The smallest absolute Gasteiger partial charge is 0.271 e. The van der Waals surface area contributed by atoms with Gasteiger partial charge in [-0.25, -0.2) is 0 Å². The molecule has 112 valence electrons. The van der Waals surface area contributed by atoms with Gasteiger partial charge in [-0.3, -0.25) is 19.7 Å². The van der Waals surface area contributed by atoms with Crippen molar-refractivity contribution in [3.63, 3.8) is 0 Å². The Morgan fingerprint density at radius 3 is 2.73 bits per heavy atom. The van der Waals surface area contributed by atoms with Crippen LogP contribution in [0.2, 0.25) is 0 Å². The van der Waals surface area contributed by atoms with Crippen LogP contribution in [0.4, 0.5) is 5.69 Å². The molecule has 0 spiro atoms. The van der Waals surface area contributed by atoms with Gasteiger partial charge in [0.25, 0.3) is 5.69 Å². The van der Waals surface area contributed by atoms with Crippen LogP contribution < -0.4 is 0 Å². The molecule has 0 radical (unpaired) electrons. The van der Waals surface area contributed by atoms with Crippen molar-refractivity contribution in [3.05, 3.63) is 70.4 Å². The lowest BCUT2D eigenvalue weighted by Gasteiger charge is -2.17. The Balaban J connectivity index is 1.81. The summed E-state index contributed by atoms with van der Waals surface area (Å²) < 4.78 is 1.78. The summed E-state index contributed by atoms with van der Waals surface area (Å²) in [6, 6.07) is 15.0. The molecule has 22 heavy (non-hydrogen) atoms. The zero-order valence-electron chi connectivity index (χ0n) is 12.2. The van der Waals surface area contributed by atoms with Crippen molar-refractivity contribution < 1.29 is 4.92 Å². The number of nitro benzene ring substituents is 1. The lowest BCUT2D eigenvalue weighted by atomic mass is 10.2. The van der Waals surface area contributed by atoms with E-state index in [9.17, 15) is 10.1 Å². The molecule has 1 aromatic heterocycles. The second kappa shape index (κ2) is 5.95. The topological polar surface area (TPSA) is 64.2 Å². The van der Waals surface area contributed by atoms with Gasteiger partial charge >= 0.3 is 0 Å². The SMILES string of the molecule is CN(Cc1ccccc1)Cn1ncc2ccc([N+](=O)[O-])cc21. The van der Waals surface area contributed by atoms with Gasteiger partial charge in [0.15, 0.2) is 0 Å². The average Bonchev–Trinajstić information content (AvgIpc) is 2.90. The Morgan fingerprint density at radius 2 is 2.00 bits per heavy atom. The van der Waals surface area contributed by atoms with Crippen molar-refractivity contribution >= 4 is 16.6 Å². The second-order valence-corrected chi connectivity index (χ2v) is 5.29. The molecular formula is C16H16N4O2. The van der Waals surface area contributed by atoms with Crippen LogP contribution in [0.15, 0.2) is 54.7 Å². The van der Waals surface area contributed by atoms with E-state index in [2.05, 4.69) is 22.1 Å². The van der Waals surface area contributed by atoms with Crippen LogP contribution in [0.5, 0.6) is 0 Å². The Morgan fingerprint density at radius 1 is 1.23 bits per heavy atom. The minimum absolute atomic E-state index is 0.0833. The van der Waals surface area contributed by atoms with Crippen molar-refractivity contribution in [3.8, 4) is 0 Å². The standard InChI is InChI=1S/C16H16N4O2/c1-18(11-13-5-3-2-4-6-13)12-19-16-9-15(20(21)22)8-7-14(16)10-17-19/h2-10H,11-12H2,1H3. The molecule has 6 heteroatoms. The lowest BCUT2D eigenvalue weighted by molar-refractivity contribution is -0.384. The van der Waals surface area contributed by atoms with Crippen molar-refractivity contribution in [2.75, 3.05) is 7.05 Å². The minimum atomic E-state index is -0.384. The van der Waals surface area contributed by atoms with Gasteiger partial charge in [-0.05, 0) is 18.7 Å². The molecule has 0 aliphatic carbocycles. The summed E-state index contributed by atoms with van der Waals surface area (Å²) in [5.41, 5.74) is 2.07. The maximum absolute atomic E-state index is 10.9. The number of benzene rings is 2. The molecule has 0 amide bonds. The van der Waals surface area contributed by atoms with Gasteiger partial charge in [-0.15, -0.1) is 0 Å². The predicted molar refractivity (Wildman–Crippen MR) is 84.3 cm³/mol. The molecule has 0 atom stereocenters.